The molecule has 8 heteroatoms. The first-order valence-electron chi connectivity index (χ1n) is 7.47. The van der Waals surface area contributed by atoms with Gasteiger partial charge in [-0.3, -0.25) is 4.79 Å². The van der Waals surface area contributed by atoms with E-state index in [4.69, 9.17) is 0 Å². The Kier molecular flexibility index (Phi) is 4.80. The molecule has 0 spiro atoms. The minimum absolute atomic E-state index is 0.195. The molecule has 1 atom stereocenters. The predicted octanol–water partition coefficient (Wildman–Crippen LogP) is 3.87. The molecule has 1 aliphatic rings. The molecular weight excluding hydrogens is 351 g/mol. The molecule has 0 radical (unpaired) electrons. The number of halogens is 3. The number of aliphatic imine (C=N–C) groups is 1. The number of hydrogen-bond acceptors (Lipinski definition) is 4. The zero-order valence-electron chi connectivity index (χ0n) is 13.2. The van der Waals surface area contributed by atoms with Gasteiger partial charge in [0.1, 0.15) is 0 Å². The number of carbonyl (C=O) groups excluding carboxylic acids is 1. The van der Waals surface area contributed by atoms with E-state index < -0.39 is 17.0 Å². The number of thioether (sulfide) groups is 1. The number of aryl methyl sites for hydroxylation is 1. The van der Waals surface area contributed by atoms with E-state index in [2.05, 4.69) is 15.3 Å². The van der Waals surface area contributed by atoms with Gasteiger partial charge < -0.3 is 5.32 Å². The van der Waals surface area contributed by atoms with Crippen LogP contribution in [-0.2, 0) is 17.4 Å². The van der Waals surface area contributed by atoms with Crippen molar-refractivity contribution in [3.63, 3.8) is 0 Å². The van der Waals surface area contributed by atoms with Gasteiger partial charge in [0.15, 0.2) is 11.0 Å². The maximum Gasteiger partial charge on any atom is 0.416 e. The Balaban J connectivity index is 1.74. The largest absolute Gasteiger partial charge is 0.416 e. The minimum Gasteiger partial charge on any atom is -0.304 e. The van der Waals surface area contributed by atoms with Gasteiger partial charge >= 0.3 is 6.18 Å². The normalized spacial score (nSPS) is 19.3. The third-order valence-corrected chi connectivity index (χ3v) is 4.62. The van der Waals surface area contributed by atoms with Gasteiger partial charge in [0.05, 0.1) is 10.8 Å². The van der Waals surface area contributed by atoms with E-state index in [1.807, 2.05) is 19.1 Å². The summed E-state index contributed by atoms with van der Waals surface area (Å²) in [7, 11) is 0. The monoisotopic (exact) mass is 365 g/mol. The lowest BCUT2D eigenvalue weighted by molar-refractivity contribution is -0.137. The van der Waals surface area contributed by atoms with Crippen molar-refractivity contribution < 1.29 is 18.0 Å². The van der Waals surface area contributed by atoms with E-state index in [9.17, 15) is 18.0 Å². The Hall–Kier alpha value is -2.35. The summed E-state index contributed by atoms with van der Waals surface area (Å²) >= 11 is 1.20. The third kappa shape index (κ3) is 4.39. The van der Waals surface area contributed by atoms with Gasteiger partial charge in [-0.1, -0.05) is 36.0 Å². The number of pyridine rings is 1. The van der Waals surface area contributed by atoms with E-state index in [0.717, 1.165) is 17.8 Å². The standard InChI is InChI=1S/C17H14F3N3OS/c1-10-4-2-7-14(21-10)22-16-23-15(24)13(25-16)9-11-5-3-6-12(8-11)17(18,19)20/h2-8,13H,9H2,1H3,(H,21,22,23,24)/t13-/m1/s1. The molecule has 0 unspecified atom stereocenters. The van der Waals surface area contributed by atoms with Crippen molar-refractivity contribution in [1.29, 1.82) is 0 Å². The summed E-state index contributed by atoms with van der Waals surface area (Å²) in [5.41, 5.74) is 0.542. The molecule has 1 aromatic heterocycles. The fourth-order valence-corrected chi connectivity index (χ4v) is 3.39. The Morgan fingerprint density at radius 1 is 1.24 bits per heavy atom. The fourth-order valence-electron chi connectivity index (χ4n) is 2.38. The highest BCUT2D eigenvalue weighted by Crippen LogP contribution is 2.31. The van der Waals surface area contributed by atoms with Crippen molar-refractivity contribution in [2.24, 2.45) is 4.99 Å². The van der Waals surface area contributed by atoms with Crippen LogP contribution >= 0.6 is 11.8 Å². The smallest absolute Gasteiger partial charge is 0.304 e. The molecule has 2 aromatic rings. The Morgan fingerprint density at radius 2 is 2.00 bits per heavy atom. The topological polar surface area (TPSA) is 54.4 Å². The number of alkyl halides is 3. The lowest BCUT2D eigenvalue weighted by Gasteiger charge is -2.10. The molecule has 1 amide bonds. The number of aromatic nitrogens is 1. The average Bonchev–Trinajstić information content (AvgIpc) is 2.86. The molecule has 1 N–H and O–H groups in total. The van der Waals surface area contributed by atoms with Crippen molar-refractivity contribution in [2.75, 3.05) is 0 Å². The van der Waals surface area contributed by atoms with Crippen molar-refractivity contribution in [3.05, 3.63) is 59.3 Å². The molecule has 1 fully saturated rings. The maximum atomic E-state index is 12.8. The van der Waals surface area contributed by atoms with Crippen molar-refractivity contribution in [2.45, 2.75) is 24.8 Å². The van der Waals surface area contributed by atoms with Gasteiger partial charge in [-0.25, -0.2) is 9.98 Å². The molecule has 1 aliphatic heterocycles. The third-order valence-electron chi connectivity index (χ3n) is 3.54. The second-order valence-electron chi connectivity index (χ2n) is 5.55. The van der Waals surface area contributed by atoms with Crippen molar-refractivity contribution in [3.8, 4) is 0 Å². The van der Waals surface area contributed by atoms with Crippen LogP contribution in [0.15, 0.2) is 47.5 Å². The highest BCUT2D eigenvalue weighted by Gasteiger charge is 2.33. The lowest BCUT2D eigenvalue weighted by atomic mass is 10.1. The zero-order chi connectivity index (χ0) is 18.0. The van der Waals surface area contributed by atoms with Crippen LogP contribution in [0.5, 0.6) is 0 Å². The minimum atomic E-state index is -4.40. The van der Waals surface area contributed by atoms with Gasteiger partial charge in [-0.2, -0.15) is 13.2 Å². The molecule has 0 bridgehead atoms. The Bertz CT molecular complexity index is 836. The number of carbonyl (C=O) groups is 1. The average molecular weight is 365 g/mol. The molecule has 0 aliphatic carbocycles. The molecule has 3 rings (SSSR count). The number of amidine groups is 1. The summed E-state index contributed by atoms with van der Waals surface area (Å²) in [4.78, 5) is 20.6. The quantitative estimate of drug-likeness (QED) is 0.898. The van der Waals surface area contributed by atoms with Crippen molar-refractivity contribution in [1.82, 2.24) is 10.3 Å². The molecule has 2 heterocycles. The molecule has 130 valence electrons. The second-order valence-corrected chi connectivity index (χ2v) is 6.74. The highest BCUT2D eigenvalue weighted by atomic mass is 32.2. The number of nitrogens with one attached hydrogen (secondary N) is 1. The van der Waals surface area contributed by atoms with E-state index in [1.54, 1.807) is 12.1 Å². The molecule has 4 nitrogen and oxygen atoms in total. The summed E-state index contributed by atoms with van der Waals surface area (Å²) < 4.78 is 38.4. The number of amides is 1. The second kappa shape index (κ2) is 6.87. The molecular formula is C17H14F3N3OS. The summed E-state index contributed by atoms with van der Waals surface area (Å²) in [6.45, 7) is 1.83. The van der Waals surface area contributed by atoms with Gasteiger partial charge in [0.2, 0.25) is 5.91 Å². The summed E-state index contributed by atoms with van der Waals surface area (Å²) in [6.07, 6.45) is -4.20. The summed E-state index contributed by atoms with van der Waals surface area (Å²) in [5, 5.41) is 2.53. The first-order chi connectivity index (χ1) is 11.8. The highest BCUT2D eigenvalue weighted by molar-refractivity contribution is 8.15. The number of benzene rings is 1. The van der Waals surface area contributed by atoms with Gasteiger partial charge in [-0.15, -0.1) is 0 Å². The van der Waals surface area contributed by atoms with E-state index >= 15 is 0 Å². The van der Waals surface area contributed by atoms with E-state index in [0.29, 0.717) is 16.5 Å². The van der Waals surface area contributed by atoms with Crippen LogP contribution in [0, 0.1) is 6.92 Å². The molecule has 1 aromatic carbocycles. The van der Waals surface area contributed by atoms with Crippen LogP contribution in [0.25, 0.3) is 0 Å². The van der Waals surface area contributed by atoms with Gasteiger partial charge in [0, 0.05) is 5.69 Å². The van der Waals surface area contributed by atoms with Crippen molar-refractivity contribution >= 4 is 28.7 Å². The Labute approximate surface area is 146 Å². The SMILES string of the molecule is Cc1cccc(/N=C2\NC(=O)[C@@H](Cc3cccc(C(F)(F)F)c3)S2)n1. The maximum absolute atomic E-state index is 12.8. The number of hydrogen-bond donors (Lipinski definition) is 1. The summed E-state index contributed by atoms with van der Waals surface area (Å²) in [6, 6.07) is 10.4. The van der Waals surface area contributed by atoms with Crippen LogP contribution < -0.4 is 5.32 Å². The van der Waals surface area contributed by atoms with Gasteiger partial charge in [0.25, 0.3) is 0 Å². The first-order valence-corrected chi connectivity index (χ1v) is 8.35. The van der Waals surface area contributed by atoms with Crippen LogP contribution in [0.4, 0.5) is 19.0 Å². The van der Waals surface area contributed by atoms with E-state index in [1.165, 1.54) is 17.8 Å². The number of rotatable bonds is 3. The predicted molar refractivity (Wildman–Crippen MR) is 90.7 cm³/mol. The van der Waals surface area contributed by atoms with Crippen LogP contribution in [0.1, 0.15) is 16.8 Å². The van der Waals surface area contributed by atoms with E-state index in [-0.39, 0.29) is 12.3 Å². The van der Waals surface area contributed by atoms with Crippen LogP contribution in [-0.4, -0.2) is 21.3 Å². The van der Waals surface area contributed by atoms with Crippen LogP contribution in [0.3, 0.4) is 0 Å². The molecule has 0 saturated carbocycles. The first kappa shape index (κ1) is 17.5. The zero-order valence-corrected chi connectivity index (χ0v) is 14.0. The number of nitrogens with zero attached hydrogens (tertiary/aromatic N) is 2. The Morgan fingerprint density at radius 3 is 2.72 bits per heavy atom. The van der Waals surface area contributed by atoms with Crippen LogP contribution in [0.2, 0.25) is 0 Å². The lowest BCUT2D eigenvalue weighted by Crippen LogP contribution is -2.26. The molecule has 1 saturated heterocycles. The molecule has 25 heavy (non-hydrogen) atoms. The summed E-state index contributed by atoms with van der Waals surface area (Å²) in [5.74, 6) is 0.205. The van der Waals surface area contributed by atoms with Gasteiger partial charge in [-0.05, 0) is 37.1 Å². The fraction of sp³-hybridized carbons (Fsp3) is 0.235.